The van der Waals surface area contributed by atoms with Gasteiger partial charge in [0.2, 0.25) is 0 Å². The highest BCUT2D eigenvalue weighted by Crippen LogP contribution is 2.19. The molecule has 0 saturated heterocycles. The molecule has 0 fully saturated rings. The van der Waals surface area contributed by atoms with E-state index < -0.39 is 0 Å². The van der Waals surface area contributed by atoms with Crippen molar-refractivity contribution in [2.24, 2.45) is 0 Å². The van der Waals surface area contributed by atoms with E-state index in [0.717, 1.165) is 5.56 Å². The van der Waals surface area contributed by atoms with Crippen molar-refractivity contribution in [1.82, 2.24) is 9.88 Å². The number of anilines is 1. The second kappa shape index (κ2) is 6.14. The molecular formula is C15H16FN3O. The lowest BCUT2D eigenvalue weighted by molar-refractivity contribution is 0.223. The molecule has 1 aromatic heterocycles. The number of amides is 2. The number of pyridine rings is 1. The summed E-state index contributed by atoms with van der Waals surface area (Å²) in [6, 6.07) is 9.41. The minimum atomic E-state index is -0.327. The van der Waals surface area contributed by atoms with Crippen LogP contribution in [-0.4, -0.2) is 30.0 Å². The summed E-state index contributed by atoms with van der Waals surface area (Å²) >= 11 is 0. The fourth-order valence-electron chi connectivity index (χ4n) is 1.81. The van der Waals surface area contributed by atoms with Gasteiger partial charge in [-0.2, -0.15) is 0 Å². The first kappa shape index (κ1) is 14.0. The largest absolute Gasteiger partial charge is 0.330 e. The molecule has 2 amide bonds. The van der Waals surface area contributed by atoms with Gasteiger partial charge in [0.25, 0.3) is 0 Å². The molecule has 4 nitrogen and oxygen atoms in total. The van der Waals surface area contributed by atoms with Gasteiger partial charge in [-0.3, -0.25) is 9.88 Å². The molecular weight excluding hydrogens is 257 g/mol. The highest BCUT2D eigenvalue weighted by Gasteiger charge is 2.18. The van der Waals surface area contributed by atoms with Crippen LogP contribution in [0.5, 0.6) is 0 Å². The Hall–Kier alpha value is -2.43. The minimum Gasteiger partial charge on any atom is -0.330 e. The predicted octanol–water partition coefficient (Wildman–Crippen LogP) is 2.91. The van der Waals surface area contributed by atoms with Crippen molar-refractivity contribution >= 4 is 11.7 Å². The number of rotatable bonds is 3. The molecule has 0 unspecified atom stereocenters. The van der Waals surface area contributed by atoms with E-state index in [-0.39, 0.29) is 11.8 Å². The van der Waals surface area contributed by atoms with Gasteiger partial charge < -0.3 is 4.90 Å². The van der Waals surface area contributed by atoms with E-state index in [1.807, 2.05) is 12.1 Å². The van der Waals surface area contributed by atoms with Crippen LogP contribution < -0.4 is 4.90 Å². The number of aromatic nitrogens is 1. The van der Waals surface area contributed by atoms with Crippen molar-refractivity contribution in [3.63, 3.8) is 0 Å². The fraction of sp³-hybridized carbons (Fsp3) is 0.200. The predicted molar refractivity (Wildman–Crippen MR) is 75.9 cm³/mol. The van der Waals surface area contributed by atoms with Gasteiger partial charge in [-0.25, -0.2) is 9.18 Å². The van der Waals surface area contributed by atoms with Crippen LogP contribution in [-0.2, 0) is 6.54 Å². The molecule has 0 atom stereocenters. The Morgan fingerprint density at radius 2 is 1.90 bits per heavy atom. The number of carbonyl (C=O) groups is 1. The highest BCUT2D eigenvalue weighted by molar-refractivity contribution is 5.91. The van der Waals surface area contributed by atoms with Gasteiger partial charge in [-0.15, -0.1) is 0 Å². The van der Waals surface area contributed by atoms with Crippen LogP contribution in [0.25, 0.3) is 0 Å². The van der Waals surface area contributed by atoms with E-state index in [2.05, 4.69) is 4.98 Å². The van der Waals surface area contributed by atoms with Crippen molar-refractivity contribution in [3.8, 4) is 0 Å². The van der Waals surface area contributed by atoms with E-state index in [1.165, 1.54) is 17.0 Å². The average Bonchev–Trinajstić information content (AvgIpc) is 2.46. The van der Waals surface area contributed by atoms with Crippen LogP contribution in [0.2, 0.25) is 0 Å². The van der Waals surface area contributed by atoms with Crippen LogP contribution >= 0.6 is 0 Å². The number of benzene rings is 1. The molecule has 1 aromatic carbocycles. The molecule has 0 radical (unpaired) electrons. The lowest BCUT2D eigenvalue weighted by Gasteiger charge is -2.26. The number of halogens is 1. The van der Waals surface area contributed by atoms with Crippen LogP contribution in [0.1, 0.15) is 5.56 Å². The van der Waals surface area contributed by atoms with Gasteiger partial charge in [-0.05, 0) is 35.9 Å². The maximum absolute atomic E-state index is 13.0. The van der Waals surface area contributed by atoms with Gasteiger partial charge in [0, 0.05) is 32.2 Å². The lowest BCUT2D eigenvalue weighted by atomic mass is 10.2. The Morgan fingerprint density at radius 3 is 2.45 bits per heavy atom. The molecule has 0 aliphatic carbocycles. The average molecular weight is 273 g/mol. The number of hydrogen-bond acceptors (Lipinski definition) is 2. The summed E-state index contributed by atoms with van der Waals surface area (Å²) in [5.41, 5.74) is 1.56. The Bertz CT molecular complexity index is 569. The van der Waals surface area contributed by atoms with Gasteiger partial charge in [-0.1, -0.05) is 6.07 Å². The summed E-state index contributed by atoms with van der Waals surface area (Å²) in [6.07, 6.45) is 3.39. The van der Waals surface area contributed by atoms with Gasteiger partial charge in [0.1, 0.15) is 5.82 Å². The molecule has 1 heterocycles. The Morgan fingerprint density at radius 1 is 1.20 bits per heavy atom. The molecule has 0 aliphatic rings. The molecule has 0 aliphatic heterocycles. The molecule has 2 rings (SSSR count). The van der Waals surface area contributed by atoms with Crippen LogP contribution in [0.15, 0.2) is 48.8 Å². The van der Waals surface area contributed by atoms with Crippen molar-refractivity contribution in [2.75, 3.05) is 19.0 Å². The van der Waals surface area contributed by atoms with Crippen molar-refractivity contribution < 1.29 is 9.18 Å². The second-order valence-corrected chi connectivity index (χ2v) is 4.60. The lowest BCUT2D eigenvalue weighted by Crippen LogP contribution is -2.38. The maximum atomic E-state index is 13.0. The summed E-state index contributed by atoms with van der Waals surface area (Å²) in [4.78, 5) is 19.4. The molecule has 2 aromatic rings. The smallest absolute Gasteiger partial charge is 0.324 e. The summed E-state index contributed by atoms with van der Waals surface area (Å²) < 4.78 is 13.0. The van der Waals surface area contributed by atoms with Crippen molar-refractivity contribution in [2.45, 2.75) is 6.54 Å². The van der Waals surface area contributed by atoms with Crippen LogP contribution in [0.4, 0.5) is 14.9 Å². The van der Waals surface area contributed by atoms with E-state index >= 15 is 0 Å². The standard InChI is InChI=1S/C15H16FN3O/c1-18(2)15(20)19(11-12-4-3-9-17-10-12)14-7-5-13(16)6-8-14/h3-10H,11H2,1-2H3. The summed E-state index contributed by atoms with van der Waals surface area (Å²) in [5.74, 6) is -0.327. The Labute approximate surface area is 117 Å². The first-order valence-electron chi connectivity index (χ1n) is 6.21. The number of nitrogens with zero attached hydrogens (tertiary/aromatic N) is 3. The normalized spacial score (nSPS) is 10.2. The quantitative estimate of drug-likeness (QED) is 0.862. The molecule has 0 bridgehead atoms. The third-order valence-corrected chi connectivity index (χ3v) is 2.82. The first-order valence-corrected chi connectivity index (χ1v) is 6.21. The monoisotopic (exact) mass is 273 g/mol. The van der Waals surface area contributed by atoms with Crippen LogP contribution in [0.3, 0.4) is 0 Å². The third-order valence-electron chi connectivity index (χ3n) is 2.82. The van der Waals surface area contributed by atoms with Gasteiger partial charge in [0.15, 0.2) is 0 Å². The van der Waals surface area contributed by atoms with E-state index in [0.29, 0.717) is 12.2 Å². The van der Waals surface area contributed by atoms with Crippen molar-refractivity contribution in [3.05, 3.63) is 60.2 Å². The van der Waals surface area contributed by atoms with E-state index in [4.69, 9.17) is 0 Å². The first-order chi connectivity index (χ1) is 9.58. The molecule has 0 saturated carbocycles. The Kier molecular flexibility index (Phi) is 4.30. The van der Waals surface area contributed by atoms with E-state index in [9.17, 15) is 9.18 Å². The number of urea groups is 1. The number of hydrogen-bond donors (Lipinski definition) is 0. The SMILES string of the molecule is CN(C)C(=O)N(Cc1cccnc1)c1ccc(F)cc1. The second-order valence-electron chi connectivity index (χ2n) is 4.60. The third kappa shape index (κ3) is 3.32. The highest BCUT2D eigenvalue weighted by atomic mass is 19.1. The minimum absolute atomic E-state index is 0.166. The zero-order chi connectivity index (χ0) is 14.5. The van der Waals surface area contributed by atoms with Crippen LogP contribution in [0, 0.1) is 5.82 Å². The molecule has 104 valence electrons. The van der Waals surface area contributed by atoms with Gasteiger partial charge >= 0.3 is 6.03 Å². The molecule has 20 heavy (non-hydrogen) atoms. The fourth-order valence-corrected chi connectivity index (χ4v) is 1.81. The molecule has 0 spiro atoms. The molecule has 5 heteroatoms. The summed E-state index contributed by atoms with van der Waals surface area (Å²) in [6.45, 7) is 0.385. The van der Waals surface area contributed by atoms with E-state index in [1.54, 1.807) is 43.5 Å². The summed E-state index contributed by atoms with van der Waals surface area (Å²) in [7, 11) is 3.37. The molecule has 0 N–H and O–H groups in total. The zero-order valence-electron chi connectivity index (χ0n) is 11.5. The topological polar surface area (TPSA) is 36.4 Å². The zero-order valence-corrected chi connectivity index (χ0v) is 11.5. The van der Waals surface area contributed by atoms with Crippen molar-refractivity contribution in [1.29, 1.82) is 0 Å². The Balaban J connectivity index is 2.30. The maximum Gasteiger partial charge on any atom is 0.324 e. The number of carbonyl (C=O) groups excluding carboxylic acids is 1. The summed E-state index contributed by atoms with van der Waals surface area (Å²) in [5, 5.41) is 0. The van der Waals surface area contributed by atoms with Gasteiger partial charge in [0.05, 0.1) is 6.54 Å².